The van der Waals surface area contributed by atoms with E-state index in [4.69, 9.17) is 0 Å². The smallest absolute Gasteiger partial charge is 0.166 e. The molecule has 0 bridgehead atoms. The highest BCUT2D eigenvalue weighted by molar-refractivity contribution is 5.84. The van der Waals surface area contributed by atoms with Crippen LogP contribution in [-0.4, -0.2) is 0 Å². The minimum atomic E-state index is -0.768. The Kier molecular flexibility index (Phi) is 4.23. The zero-order valence-electron chi connectivity index (χ0n) is 12.5. The van der Waals surface area contributed by atoms with E-state index >= 15 is 0 Å². The maximum atomic E-state index is 13.7. The van der Waals surface area contributed by atoms with Crippen LogP contribution >= 0.6 is 0 Å². The predicted molar refractivity (Wildman–Crippen MR) is 83.5 cm³/mol. The van der Waals surface area contributed by atoms with Crippen molar-refractivity contribution in [1.29, 1.82) is 0 Å². The molecule has 0 aromatic heterocycles. The van der Waals surface area contributed by atoms with Gasteiger partial charge in [0.05, 0.1) is 0 Å². The third-order valence-electron chi connectivity index (χ3n) is 4.95. The van der Waals surface area contributed by atoms with Crippen molar-refractivity contribution in [3.05, 3.63) is 47.5 Å². The number of halogens is 2. The molecule has 1 saturated carbocycles. The standard InChI is InChI=1S/C19H22F2/c1-2-3-13-4-6-14(7-5-13)15-8-10-17-16(12-15)9-11-18(20)19(17)21/h8-14H,2-7H2,1H3. The van der Waals surface area contributed by atoms with Gasteiger partial charge in [-0.15, -0.1) is 0 Å². The summed E-state index contributed by atoms with van der Waals surface area (Å²) < 4.78 is 27.0. The van der Waals surface area contributed by atoms with E-state index in [1.165, 1.54) is 50.2 Å². The van der Waals surface area contributed by atoms with E-state index in [1.807, 2.05) is 12.1 Å². The lowest BCUT2D eigenvalue weighted by molar-refractivity contribution is 0.308. The predicted octanol–water partition coefficient (Wildman–Crippen LogP) is 6.19. The van der Waals surface area contributed by atoms with Gasteiger partial charge in [-0.2, -0.15) is 0 Å². The van der Waals surface area contributed by atoms with Gasteiger partial charge in [0.2, 0.25) is 0 Å². The molecule has 1 aliphatic rings. The van der Waals surface area contributed by atoms with Gasteiger partial charge in [-0.05, 0) is 54.5 Å². The fourth-order valence-corrected chi connectivity index (χ4v) is 3.73. The minimum Gasteiger partial charge on any atom is -0.204 e. The van der Waals surface area contributed by atoms with Crippen molar-refractivity contribution in [2.75, 3.05) is 0 Å². The van der Waals surface area contributed by atoms with Crippen LogP contribution < -0.4 is 0 Å². The molecule has 2 aromatic carbocycles. The molecule has 1 aliphatic carbocycles. The van der Waals surface area contributed by atoms with Crippen LogP contribution in [0, 0.1) is 17.6 Å². The van der Waals surface area contributed by atoms with Gasteiger partial charge in [0, 0.05) is 5.39 Å². The van der Waals surface area contributed by atoms with Gasteiger partial charge >= 0.3 is 0 Å². The molecule has 0 saturated heterocycles. The van der Waals surface area contributed by atoms with Gasteiger partial charge in [0.25, 0.3) is 0 Å². The first-order valence-corrected chi connectivity index (χ1v) is 8.06. The third-order valence-corrected chi connectivity index (χ3v) is 4.95. The Morgan fingerprint density at radius 3 is 2.48 bits per heavy atom. The summed E-state index contributed by atoms with van der Waals surface area (Å²) in [5.41, 5.74) is 1.28. The first kappa shape index (κ1) is 14.5. The molecule has 0 amide bonds. The number of fused-ring (bicyclic) bond motifs is 1. The molecule has 21 heavy (non-hydrogen) atoms. The zero-order chi connectivity index (χ0) is 14.8. The van der Waals surface area contributed by atoms with Crippen LogP contribution in [0.1, 0.15) is 56.9 Å². The Balaban J connectivity index is 1.81. The van der Waals surface area contributed by atoms with E-state index in [1.54, 1.807) is 12.1 Å². The summed E-state index contributed by atoms with van der Waals surface area (Å²) in [6, 6.07) is 8.67. The Labute approximate surface area is 125 Å². The lowest BCUT2D eigenvalue weighted by Crippen LogP contribution is -2.13. The number of benzene rings is 2. The van der Waals surface area contributed by atoms with Crippen LogP contribution in [0.2, 0.25) is 0 Å². The van der Waals surface area contributed by atoms with Crippen molar-refractivity contribution in [2.45, 2.75) is 51.4 Å². The van der Waals surface area contributed by atoms with Crippen molar-refractivity contribution < 1.29 is 8.78 Å². The zero-order valence-corrected chi connectivity index (χ0v) is 12.5. The molecular formula is C19H22F2. The molecule has 112 valence electrons. The second-order valence-corrected chi connectivity index (χ2v) is 6.35. The lowest BCUT2D eigenvalue weighted by atomic mass is 9.77. The Morgan fingerprint density at radius 2 is 1.76 bits per heavy atom. The van der Waals surface area contributed by atoms with Crippen molar-refractivity contribution >= 4 is 10.8 Å². The van der Waals surface area contributed by atoms with E-state index in [2.05, 4.69) is 6.92 Å². The highest BCUT2D eigenvalue weighted by Crippen LogP contribution is 2.38. The summed E-state index contributed by atoms with van der Waals surface area (Å²) in [7, 11) is 0. The monoisotopic (exact) mass is 288 g/mol. The normalized spacial score (nSPS) is 22.6. The summed E-state index contributed by atoms with van der Waals surface area (Å²) in [6.45, 7) is 2.25. The van der Waals surface area contributed by atoms with E-state index in [-0.39, 0.29) is 0 Å². The van der Waals surface area contributed by atoms with E-state index in [9.17, 15) is 8.78 Å². The molecule has 2 aromatic rings. The summed E-state index contributed by atoms with van der Waals surface area (Å²) >= 11 is 0. The largest absolute Gasteiger partial charge is 0.204 e. The molecule has 0 radical (unpaired) electrons. The molecule has 0 heterocycles. The van der Waals surface area contributed by atoms with Crippen molar-refractivity contribution in [3.8, 4) is 0 Å². The van der Waals surface area contributed by atoms with E-state index in [0.717, 1.165) is 11.3 Å². The average molecular weight is 288 g/mol. The van der Waals surface area contributed by atoms with Crippen LogP contribution in [0.5, 0.6) is 0 Å². The molecule has 0 nitrogen and oxygen atoms in total. The summed E-state index contributed by atoms with van der Waals surface area (Å²) in [5, 5.41) is 1.19. The quantitative estimate of drug-likeness (QED) is 0.631. The van der Waals surface area contributed by atoms with Gasteiger partial charge in [-0.25, -0.2) is 8.78 Å². The van der Waals surface area contributed by atoms with E-state index < -0.39 is 11.6 Å². The second-order valence-electron chi connectivity index (χ2n) is 6.35. The van der Waals surface area contributed by atoms with E-state index in [0.29, 0.717) is 11.3 Å². The fraction of sp³-hybridized carbons (Fsp3) is 0.474. The van der Waals surface area contributed by atoms with Gasteiger partial charge in [-0.1, -0.05) is 44.0 Å². The van der Waals surface area contributed by atoms with Gasteiger partial charge in [0.15, 0.2) is 11.6 Å². The van der Waals surface area contributed by atoms with Gasteiger partial charge in [0.1, 0.15) is 0 Å². The minimum absolute atomic E-state index is 0.387. The van der Waals surface area contributed by atoms with Crippen LogP contribution in [0.15, 0.2) is 30.3 Å². The Bertz CT molecular complexity index is 625. The topological polar surface area (TPSA) is 0 Å². The fourth-order valence-electron chi connectivity index (χ4n) is 3.73. The molecule has 0 atom stereocenters. The highest BCUT2D eigenvalue weighted by atomic mass is 19.2. The molecular weight excluding hydrogens is 266 g/mol. The molecule has 3 rings (SSSR count). The summed E-state index contributed by atoms with van der Waals surface area (Å²) in [6.07, 6.45) is 7.66. The summed E-state index contributed by atoms with van der Waals surface area (Å²) in [4.78, 5) is 0. The Hall–Kier alpha value is -1.44. The SMILES string of the molecule is CCCC1CCC(c2ccc3c(F)c(F)ccc3c2)CC1. The van der Waals surface area contributed by atoms with Crippen molar-refractivity contribution in [3.63, 3.8) is 0 Å². The highest BCUT2D eigenvalue weighted by Gasteiger charge is 2.22. The number of rotatable bonds is 3. The molecule has 0 aliphatic heterocycles. The van der Waals surface area contributed by atoms with Crippen molar-refractivity contribution in [2.24, 2.45) is 5.92 Å². The van der Waals surface area contributed by atoms with Crippen LogP contribution in [0.3, 0.4) is 0 Å². The van der Waals surface area contributed by atoms with Gasteiger partial charge < -0.3 is 0 Å². The first-order valence-electron chi connectivity index (χ1n) is 8.06. The van der Waals surface area contributed by atoms with Crippen LogP contribution in [0.4, 0.5) is 8.78 Å². The van der Waals surface area contributed by atoms with Crippen LogP contribution in [-0.2, 0) is 0 Å². The van der Waals surface area contributed by atoms with Gasteiger partial charge in [-0.3, -0.25) is 0 Å². The molecule has 1 fully saturated rings. The van der Waals surface area contributed by atoms with Crippen LogP contribution in [0.25, 0.3) is 10.8 Å². The molecule has 0 spiro atoms. The third kappa shape index (κ3) is 2.95. The second kappa shape index (κ2) is 6.13. The first-order chi connectivity index (χ1) is 10.2. The maximum Gasteiger partial charge on any atom is 0.166 e. The lowest BCUT2D eigenvalue weighted by Gasteiger charge is -2.28. The molecule has 0 unspecified atom stereocenters. The Morgan fingerprint density at radius 1 is 1.00 bits per heavy atom. The molecule has 0 N–H and O–H groups in total. The summed E-state index contributed by atoms with van der Waals surface area (Å²) in [5.74, 6) is -0.0325. The number of hydrogen-bond donors (Lipinski definition) is 0. The van der Waals surface area contributed by atoms with Crippen molar-refractivity contribution in [1.82, 2.24) is 0 Å². The average Bonchev–Trinajstić information content (AvgIpc) is 2.52. The molecule has 2 heteroatoms. The number of hydrogen-bond acceptors (Lipinski definition) is 0. The maximum absolute atomic E-state index is 13.7.